The van der Waals surface area contributed by atoms with Crippen molar-refractivity contribution in [3.8, 4) is 123 Å². The summed E-state index contributed by atoms with van der Waals surface area (Å²) in [4.78, 5) is 15.3. The lowest BCUT2D eigenvalue weighted by atomic mass is 9.84. The van der Waals surface area contributed by atoms with Crippen LogP contribution in [0.4, 0.5) is 0 Å². The molecular formula is C70H49N3. The van der Waals surface area contributed by atoms with Crippen molar-refractivity contribution in [2.75, 3.05) is 0 Å². The minimum Gasteiger partial charge on any atom is -0.256 e. The van der Waals surface area contributed by atoms with E-state index < -0.39 is 0 Å². The molecule has 0 atom stereocenters. The van der Waals surface area contributed by atoms with Crippen LogP contribution in [0.25, 0.3) is 123 Å². The Morgan fingerprint density at radius 2 is 0.452 bits per heavy atom. The first kappa shape index (κ1) is 44.6. The monoisotopic (exact) mass is 931 g/mol. The van der Waals surface area contributed by atoms with Crippen LogP contribution in [0, 0.1) is 6.92 Å². The quantitative estimate of drug-likeness (QED) is 0.130. The summed E-state index contributed by atoms with van der Waals surface area (Å²) in [5.74, 6) is 0. The van der Waals surface area contributed by atoms with Crippen molar-refractivity contribution >= 4 is 0 Å². The van der Waals surface area contributed by atoms with Gasteiger partial charge in [-0.2, -0.15) is 0 Å². The van der Waals surface area contributed by atoms with Gasteiger partial charge in [-0.15, -0.1) is 0 Å². The van der Waals surface area contributed by atoms with E-state index >= 15 is 0 Å². The third kappa shape index (κ3) is 9.08. The Morgan fingerprint density at radius 3 is 0.781 bits per heavy atom. The standard InChI is InChI=1S/C70H49N3/c1-48-39-68(51-27-11-4-12-28-51)71-45-65(48)60-36-20-17-33-57(60)54-40-55(58-34-18-21-37-61(58)66-46-72-69(52-29-13-5-14-30-52)43-63(66)49-23-7-2-8-24-49)42-56(41-54)59-35-19-22-38-62(59)67-47-73-70(53-31-15-6-16-32-53)44-64(67)50-25-9-3-10-26-50/h2-47H,1H3. The molecule has 73 heavy (non-hydrogen) atoms. The maximum atomic E-state index is 5.15. The smallest absolute Gasteiger partial charge is 0.0708 e. The molecule has 0 N–H and O–H groups in total. The second-order valence-corrected chi connectivity index (χ2v) is 18.4. The predicted molar refractivity (Wildman–Crippen MR) is 304 cm³/mol. The molecule has 3 heteroatoms. The molecule has 3 aromatic heterocycles. The lowest BCUT2D eigenvalue weighted by Gasteiger charge is -2.20. The molecule has 0 fully saturated rings. The Labute approximate surface area is 427 Å². The maximum absolute atomic E-state index is 5.15. The summed E-state index contributed by atoms with van der Waals surface area (Å²) in [7, 11) is 0. The number of aromatic nitrogens is 3. The highest BCUT2D eigenvalue weighted by Gasteiger charge is 2.21. The number of hydrogen-bond acceptors (Lipinski definition) is 3. The Hall–Kier alpha value is -9.57. The van der Waals surface area contributed by atoms with E-state index in [1.54, 1.807) is 0 Å². The van der Waals surface area contributed by atoms with Crippen LogP contribution in [0.1, 0.15) is 5.56 Å². The fourth-order valence-corrected chi connectivity index (χ4v) is 10.2. The molecule has 344 valence electrons. The molecule has 0 saturated heterocycles. The van der Waals surface area contributed by atoms with Crippen LogP contribution in [-0.2, 0) is 0 Å². The van der Waals surface area contributed by atoms with Crippen LogP contribution < -0.4 is 0 Å². The molecule has 0 aliphatic rings. The van der Waals surface area contributed by atoms with Gasteiger partial charge >= 0.3 is 0 Å². The average molecular weight is 932 g/mol. The Morgan fingerprint density at radius 1 is 0.192 bits per heavy atom. The molecular weight excluding hydrogens is 883 g/mol. The van der Waals surface area contributed by atoms with Crippen molar-refractivity contribution in [3.05, 3.63) is 285 Å². The fourth-order valence-electron chi connectivity index (χ4n) is 10.2. The van der Waals surface area contributed by atoms with Gasteiger partial charge in [-0.25, -0.2) is 0 Å². The minimum absolute atomic E-state index is 0.931. The summed E-state index contributed by atoms with van der Waals surface area (Å²) in [5.41, 5.74) is 24.9. The minimum atomic E-state index is 0.931. The first-order chi connectivity index (χ1) is 36.1. The van der Waals surface area contributed by atoms with Gasteiger partial charge in [0.15, 0.2) is 0 Å². The third-order valence-electron chi connectivity index (χ3n) is 13.8. The summed E-state index contributed by atoms with van der Waals surface area (Å²) in [6.45, 7) is 2.19. The molecule has 0 unspecified atom stereocenters. The molecule has 0 amide bonds. The maximum Gasteiger partial charge on any atom is 0.0708 e. The summed E-state index contributed by atoms with van der Waals surface area (Å²) in [5, 5.41) is 0. The summed E-state index contributed by atoms with van der Waals surface area (Å²) < 4.78 is 0. The van der Waals surface area contributed by atoms with Crippen molar-refractivity contribution in [1.82, 2.24) is 15.0 Å². The van der Waals surface area contributed by atoms with Crippen LogP contribution in [0.3, 0.4) is 0 Å². The molecule has 0 aliphatic carbocycles. The molecule has 0 radical (unpaired) electrons. The number of hydrogen-bond donors (Lipinski definition) is 0. The summed E-state index contributed by atoms with van der Waals surface area (Å²) >= 11 is 0. The molecule has 12 aromatic rings. The SMILES string of the molecule is Cc1cc(-c2ccccc2)ncc1-c1ccccc1-c1cc(-c2ccccc2-c2cnc(-c3ccccc3)cc2-c2ccccc2)cc(-c2ccccc2-c2cnc(-c3ccccc3)cc2-c2ccccc2)c1. The van der Waals surface area contributed by atoms with Gasteiger partial charge in [0.1, 0.15) is 0 Å². The van der Waals surface area contributed by atoms with Crippen molar-refractivity contribution < 1.29 is 0 Å². The largest absolute Gasteiger partial charge is 0.256 e. The first-order valence-electron chi connectivity index (χ1n) is 24.8. The van der Waals surface area contributed by atoms with Crippen LogP contribution in [-0.4, -0.2) is 15.0 Å². The van der Waals surface area contributed by atoms with Gasteiger partial charge in [0.2, 0.25) is 0 Å². The number of benzene rings is 9. The van der Waals surface area contributed by atoms with E-state index in [2.05, 4.69) is 262 Å². The lowest BCUT2D eigenvalue weighted by molar-refractivity contribution is 1.29. The van der Waals surface area contributed by atoms with Gasteiger partial charge in [-0.05, 0) is 121 Å². The van der Waals surface area contributed by atoms with E-state index in [0.29, 0.717) is 0 Å². The van der Waals surface area contributed by atoms with E-state index in [1.807, 2.05) is 24.4 Å². The molecule has 9 aromatic carbocycles. The van der Waals surface area contributed by atoms with Gasteiger partial charge in [0, 0.05) is 52.0 Å². The van der Waals surface area contributed by atoms with E-state index in [4.69, 9.17) is 15.0 Å². The molecule has 12 rings (SSSR count). The zero-order valence-electron chi connectivity index (χ0n) is 40.4. The Balaban J connectivity index is 1.08. The third-order valence-corrected chi connectivity index (χ3v) is 13.8. The van der Waals surface area contributed by atoms with Gasteiger partial charge < -0.3 is 0 Å². The van der Waals surface area contributed by atoms with E-state index in [0.717, 1.165) is 128 Å². The molecule has 3 nitrogen and oxygen atoms in total. The molecule has 0 bridgehead atoms. The molecule has 3 heterocycles. The lowest BCUT2D eigenvalue weighted by Crippen LogP contribution is -1.96. The van der Waals surface area contributed by atoms with Crippen molar-refractivity contribution in [2.45, 2.75) is 6.92 Å². The normalized spacial score (nSPS) is 11.1. The Bertz CT molecular complexity index is 3700. The average Bonchev–Trinajstić information content (AvgIpc) is 3.48. The fraction of sp³-hybridized carbons (Fsp3) is 0.0143. The molecule has 0 aliphatic heterocycles. The Kier molecular flexibility index (Phi) is 12.2. The van der Waals surface area contributed by atoms with Gasteiger partial charge in [0.25, 0.3) is 0 Å². The van der Waals surface area contributed by atoms with Gasteiger partial charge in [0.05, 0.1) is 17.1 Å². The zero-order valence-corrected chi connectivity index (χ0v) is 40.4. The van der Waals surface area contributed by atoms with Crippen LogP contribution in [0.5, 0.6) is 0 Å². The summed E-state index contributed by atoms with van der Waals surface area (Å²) in [6, 6.07) is 92.7. The van der Waals surface area contributed by atoms with Crippen molar-refractivity contribution in [3.63, 3.8) is 0 Å². The van der Waals surface area contributed by atoms with Crippen molar-refractivity contribution in [2.24, 2.45) is 0 Å². The number of pyridine rings is 3. The highest BCUT2D eigenvalue weighted by atomic mass is 14.7. The predicted octanol–water partition coefficient (Wildman–Crippen LogP) is 18.5. The number of nitrogens with zero attached hydrogens (tertiary/aromatic N) is 3. The van der Waals surface area contributed by atoms with Gasteiger partial charge in [-0.1, -0.05) is 224 Å². The number of rotatable bonds is 11. The highest BCUT2D eigenvalue weighted by Crippen LogP contribution is 2.46. The highest BCUT2D eigenvalue weighted by molar-refractivity contribution is 5.98. The molecule has 0 saturated carbocycles. The first-order valence-corrected chi connectivity index (χ1v) is 24.8. The second kappa shape index (κ2) is 20.0. The van der Waals surface area contributed by atoms with Crippen LogP contribution >= 0.6 is 0 Å². The zero-order chi connectivity index (χ0) is 48.9. The summed E-state index contributed by atoms with van der Waals surface area (Å²) in [6.07, 6.45) is 6.16. The van der Waals surface area contributed by atoms with E-state index in [-0.39, 0.29) is 0 Å². The van der Waals surface area contributed by atoms with E-state index in [1.165, 1.54) is 0 Å². The topological polar surface area (TPSA) is 38.7 Å². The van der Waals surface area contributed by atoms with Crippen molar-refractivity contribution in [1.29, 1.82) is 0 Å². The van der Waals surface area contributed by atoms with Crippen LogP contribution in [0.2, 0.25) is 0 Å². The second-order valence-electron chi connectivity index (χ2n) is 18.4. The van der Waals surface area contributed by atoms with E-state index in [9.17, 15) is 0 Å². The van der Waals surface area contributed by atoms with Crippen LogP contribution in [0.15, 0.2) is 279 Å². The number of aryl methyl sites for hydroxylation is 1. The van der Waals surface area contributed by atoms with Gasteiger partial charge in [-0.3, -0.25) is 15.0 Å². The molecule has 0 spiro atoms.